The number of nitrogens with one attached hydrogen (secondary N) is 1. The molecule has 0 saturated carbocycles. The van der Waals surface area contributed by atoms with E-state index < -0.39 is 5.91 Å². The Morgan fingerprint density at radius 1 is 0.964 bits per heavy atom. The first-order valence-electron chi connectivity index (χ1n) is 8.75. The van der Waals surface area contributed by atoms with Crippen LogP contribution in [0.3, 0.4) is 0 Å². The van der Waals surface area contributed by atoms with Gasteiger partial charge in [0.15, 0.2) is 0 Å². The van der Waals surface area contributed by atoms with Gasteiger partial charge in [0.25, 0.3) is 11.5 Å². The van der Waals surface area contributed by atoms with Crippen LogP contribution < -0.4 is 15.7 Å². The molecule has 0 spiro atoms. The quantitative estimate of drug-likeness (QED) is 0.584. The number of hydrogen-bond donors (Lipinski definition) is 1. The number of ether oxygens (including phenoxy) is 1. The highest BCUT2D eigenvalue weighted by Gasteiger charge is 2.10. The third kappa shape index (κ3) is 3.76. The molecule has 6 nitrogen and oxygen atoms in total. The van der Waals surface area contributed by atoms with Crippen molar-refractivity contribution in [3.8, 4) is 5.75 Å². The fourth-order valence-corrected chi connectivity index (χ4v) is 2.79. The van der Waals surface area contributed by atoms with Gasteiger partial charge in [0.1, 0.15) is 18.7 Å². The zero-order valence-electron chi connectivity index (χ0n) is 14.9. The minimum Gasteiger partial charge on any atom is -0.489 e. The summed E-state index contributed by atoms with van der Waals surface area (Å²) in [5, 5.41) is 0.435. The van der Waals surface area contributed by atoms with Crippen molar-refractivity contribution in [2.75, 3.05) is 5.43 Å². The number of carbonyl (C=O) groups excluding carboxylic acids is 1. The molecular weight excluding hydrogens is 354 g/mol. The molecule has 0 unspecified atom stereocenters. The second-order valence-corrected chi connectivity index (χ2v) is 6.18. The van der Waals surface area contributed by atoms with E-state index in [1.807, 2.05) is 30.3 Å². The van der Waals surface area contributed by atoms with Crippen molar-refractivity contribution in [3.05, 3.63) is 107 Å². The van der Waals surface area contributed by atoms with Gasteiger partial charge in [-0.05, 0) is 35.9 Å². The molecule has 1 aromatic heterocycles. The number of para-hydroxylation sites is 1. The van der Waals surface area contributed by atoms with Gasteiger partial charge in [-0.15, -0.1) is 0 Å². The molecule has 0 aliphatic heterocycles. The monoisotopic (exact) mass is 371 g/mol. The van der Waals surface area contributed by atoms with Gasteiger partial charge in [-0.25, -0.2) is 9.66 Å². The summed E-state index contributed by atoms with van der Waals surface area (Å²) in [6.07, 6.45) is 1.30. The first kappa shape index (κ1) is 17.5. The number of fused-ring (bicyclic) bond motifs is 1. The standard InChI is InChI=1S/C22H17N3O3/c26-21(24-25-15-23-20-12-5-4-11-19(20)22(25)27)17-9-6-10-18(13-17)28-14-16-7-2-1-3-8-16/h1-13,15H,14H2,(H,24,26). The number of amides is 1. The van der Waals surface area contributed by atoms with Gasteiger partial charge in [-0.2, -0.15) is 0 Å². The summed E-state index contributed by atoms with van der Waals surface area (Å²) < 4.78 is 6.84. The Bertz CT molecular complexity index is 1190. The Morgan fingerprint density at radius 2 is 1.75 bits per heavy atom. The Kier molecular flexibility index (Phi) is 4.84. The summed E-state index contributed by atoms with van der Waals surface area (Å²) in [6.45, 7) is 0.403. The summed E-state index contributed by atoms with van der Waals surface area (Å²) in [5.41, 5.74) is 4.22. The molecule has 0 atom stereocenters. The number of benzene rings is 3. The van der Waals surface area contributed by atoms with Crippen LogP contribution in [0.25, 0.3) is 10.9 Å². The predicted molar refractivity (Wildman–Crippen MR) is 107 cm³/mol. The molecule has 1 amide bonds. The van der Waals surface area contributed by atoms with E-state index in [9.17, 15) is 9.59 Å². The molecule has 3 aromatic carbocycles. The summed E-state index contributed by atoms with van der Waals surface area (Å²) in [5.74, 6) is 0.143. The van der Waals surface area contributed by atoms with Crippen LogP contribution in [0, 0.1) is 0 Å². The molecule has 28 heavy (non-hydrogen) atoms. The highest BCUT2D eigenvalue weighted by atomic mass is 16.5. The van der Waals surface area contributed by atoms with Crippen LogP contribution >= 0.6 is 0 Å². The summed E-state index contributed by atoms with van der Waals surface area (Å²) in [7, 11) is 0. The van der Waals surface area contributed by atoms with Gasteiger partial charge in [-0.1, -0.05) is 48.5 Å². The fourth-order valence-electron chi connectivity index (χ4n) is 2.79. The van der Waals surface area contributed by atoms with E-state index in [0.29, 0.717) is 28.8 Å². The number of rotatable bonds is 5. The molecule has 138 valence electrons. The molecule has 0 saturated heterocycles. The Labute approximate surface area is 161 Å². The number of carbonyl (C=O) groups is 1. The third-order valence-electron chi connectivity index (χ3n) is 4.23. The topological polar surface area (TPSA) is 73.2 Å². The number of aromatic nitrogens is 2. The van der Waals surface area contributed by atoms with Crippen molar-refractivity contribution in [2.24, 2.45) is 0 Å². The van der Waals surface area contributed by atoms with Crippen LogP contribution in [0.15, 0.2) is 90.0 Å². The van der Waals surface area contributed by atoms with Gasteiger partial charge in [-0.3, -0.25) is 15.0 Å². The normalized spacial score (nSPS) is 10.6. The minimum absolute atomic E-state index is 0.338. The van der Waals surface area contributed by atoms with Crippen molar-refractivity contribution in [3.63, 3.8) is 0 Å². The van der Waals surface area contributed by atoms with Crippen molar-refractivity contribution >= 4 is 16.8 Å². The van der Waals surface area contributed by atoms with Crippen LogP contribution in [0.4, 0.5) is 0 Å². The molecule has 1 N–H and O–H groups in total. The summed E-state index contributed by atoms with van der Waals surface area (Å²) >= 11 is 0. The van der Waals surface area contributed by atoms with E-state index >= 15 is 0 Å². The van der Waals surface area contributed by atoms with Gasteiger partial charge >= 0.3 is 0 Å². The highest BCUT2D eigenvalue weighted by Crippen LogP contribution is 2.15. The van der Waals surface area contributed by atoms with Gasteiger partial charge in [0.05, 0.1) is 10.9 Å². The summed E-state index contributed by atoms with van der Waals surface area (Å²) in [4.78, 5) is 29.3. The Balaban J connectivity index is 1.51. The van der Waals surface area contributed by atoms with Crippen LogP contribution in [0.1, 0.15) is 15.9 Å². The zero-order valence-corrected chi connectivity index (χ0v) is 14.9. The molecule has 4 aromatic rings. The zero-order chi connectivity index (χ0) is 19.3. The van der Waals surface area contributed by atoms with Crippen LogP contribution in [-0.4, -0.2) is 15.6 Å². The van der Waals surface area contributed by atoms with Crippen LogP contribution in [-0.2, 0) is 6.61 Å². The fraction of sp³-hybridized carbons (Fsp3) is 0.0455. The molecule has 4 rings (SSSR count). The molecule has 0 fully saturated rings. The first-order valence-corrected chi connectivity index (χ1v) is 8.75. The van der Waals surface area contributed by atoms with Crippen molar-refractivity contribution in [1.82, 2.24) is 9.66 Å². The van der Waals surface area contributed by atoms with Crippen LogP contribution in [0.5, 0.6) is 5.75 Å². The maximum absolute atomic E-state index is 12.6. The SMILES string of the molecule is O=C(Nn1cnc2ccccc2c1=O)c1cccc(OCc2ccccc2)c1. The minimum atomic E-state index is -0.427. The number of nitrogens with zero attached hydrogens (tertiary/aromatic N) is 2. The van der Waals surface area contributed by atoms with Crippen molar-refractivity contribution in [1.29, 1.82) is 0 Å². The van der Waals surface area contributed by atoms with E-state index in [1.54, 1.807) is 48.5 Å². The maximum Gasteiger partial charge on any atom is 0.280 e. The molecule has 0 aliphatic carbocycles. The van der Waals surface area contributed by atoms with Gasteiger partial charge in [0.2, 0.25) is 0 Å². The Hall–Kier alpha value is -3.93. The molecule has 0 aliphatic rings. The average Bonchev–Trinajstić information content (AvgIpc) is 2.75. The third-order valence-corrected chi connectivity index (χ3v) is 4.23. The summed E-state index contributed by atoms with van der Waals surface area (Å²) in [6, 6.07) is 23.5. The molecule has 1 heterocycles. The lowest BCUT2D eigenvalue weighted by Crippen LogP contribution is -2.33. The molecule has 6 heteroatoms. The maximum atomic E-state index is 12.6. The first-order chi connectivity index (χ1) is 13.7. The van der Waals surface area contributed by atoms with E-state index in [-0.39, 0.29) is 5.56 Å². The van der Waals surface area contributed by atoms with Crippen molar-refractivity contribution < 1.29 is 9.53 Å². The molecule has 0 bridgehead atoms. The van der Waals surface area contributed by atoms with Crippen molar-refractivity contribution in [2.45, 2.75) is 6.61 Å². The van der Waals surface area contributed by atoms with Gasteiger partial charge < -0.3 is 4.74 Å². The predicted octanol–water partition coefficient (Wildman–Crippen LogP) is 3.36. The largest absolute Gasteiger partial charge is 0.489 e. The smallest absolute Gasteiger partial charge is 0.280 e. The lowest BCUT2D eigenvalue weighted by atomic mass is 10.2. The average molecular weight is 371 g/mol. The Morgan fingerprint density at radius 3 is 2.61 bits per heavy atom. The van der Waals surface area contributed by atoms with E-state index in [4.69, 9.17) is 4.74 Å². The van der Waals surface area contributed by atoms with E-state index in [0.717, 1.165) is 10.2 Å². The number of hydrogen-bond acceptors (Lipinski definition) is 4. The second-order valence-electron chi connectivity index (χ2n) is 6.18. The molecule has 0 radical (unpaired) electrons. The lowest BCUT2D eigenvalue weighted by molar-refractivity contribution is 0.101. The lowest BCUT2D eigenvalue weighted by Gasteiger charge is -2.10. The van der Waals surface area contributed by atoms with E-state index in [1.165, 1.54) is 6.33 Å². The highest BCUT2D eigenvalue weighted by molar-refractivity contribution is 6.00. The molecular formula is C22H17N3O3. The second kappa shape index (κ2) is 7.75. The van der Waals surface area contributed by atoms with E-state index in [2.05, 4.69) is 10.4 Å². The van der Waals surface area contributed by atoms with Gasteiger partial charge in [0, 0.05) is 5.56 Å². The van der Waals surface area contributed by atoms with Crippen LogP contribution in [0.2, 0.25) is 0 Å².